The van der Waals surface area contributed by atoms with Crippen molar-refractivity contribution in [1.29, 1.82) is 0 Å². The molecule has 1 aliphatic heterocycles. The minimum atomic E-state index is -4.51. The van der Waals surface area contributed by atoms with Crippen LogP contribution in [0.3, 0.4) is 0 Å². The Morgan fingerprint density at radius 2 is 2.22 bits per heavy atom. The van der Waals surface area contributed by atoms with Gasteiger partial charge in [-0.25, -0.2) is 0 Å². The molecule has 0 bridgehead atoms. The number of hydrogen-bond acceptors (Lipinski definition) is 3. The number of alkyl halides is 3. The van der Waals surface area contributed by atoms with E-state index in [2.05, 4.69) is 17.2 Å². The summed E-state index contributed by atoms with van der Waals surface area (Å²) in [5.41, 5.74) is -1.00. The number of carbonyl (C=O) groups excluding carboxylic acids is 1. The average molecular weight is 351 g/mol. The third-order valence-electron chi connectivity index (χ3n) is 3.30. The smallest absolute Gasteiger partial charge is 0.416 e. The summed E-state index contributed by atoms with van der Waals surface area (Å²) in [7, 11) is 0. The van der Waals surface area contributed by atoms with Crippen molar-refractivity contribution in [2.45, 2.75) is 18.6 Å². The topological polar surface area (TPSA) is 50.4 Å². The van der Waals surface area contributed by atoms with Crippen molar-refractivity contribution >= 4 is 18.3 Å². The standard InChI is InChI=1S/C15H17F3N2O2.ClH/c1-2-7-22-13-4-3-10(15(16,17)18)8-12(13)14(21)20-11-5-6-19-9-11;/h2-4,8,11,19H,1,5-7,9H2,(H,20,21);1H. The molecule has 1 aromatic carbocycles. The van der Waals surface area contributed by atoms with E-state index < -0.39 is 17.6 Å². The summed E-state index contributed by atoms with van der Waals surface area (Å²) in [5.74, 6) is -0.463. The quantitative estimate of drug-likeness (QED) is 0.803. The predicted molar refractivity (Wildman–Crippen MR) is 83.1 cm³/mol. The lowest BCUT2D eigenvalue weighted by molar-refractivity contribution is -0.137. The molecule has 0 aliphatic carbocycles. The number of ether oxygens (including phenoxy) is 1. The summed E-state index contributed by atoms with van der Waals surface area (Å²) in [4.78, 5) is 12.3. The fraction of sp³-hybridized carbons (Fsp3) is 0.400. The number of rotatable bonds is 5. The SMILES string of the molecule is C=CCOc1ccc(C(F)(F)F)cc1C(=O)NC1CCNC1.Cl. The lowest BCUT2D eigenvalue weighted by Crippen LogP contribution is -2.36. The second-order valence-electron chi connectivity index (χ2n) is 4.97. The van der Waals surface area contributed by atoms with Gasteiger partial charge in [-0.15, -0.1) is 12.4 Å². The Balaban J connectivity index is 0.00000264. The van der Waals surface area contributed by atoms with Crippen molar-refractivity contribution in [3.8, 4) is 5.75 Å². The molecule has 2 N–H and O–H groups in total. The highest BCUT2D eigenvalue weighted by Crippen LogP contribution is 2.32. The number of hydrogen-bond donors (Lipinski definition) is 2. The van der Waals surface area contributed by atoms with E-state index in [1.807, 2.05) is 0 Å². The van der Waals surface area contributed by atoms with Crippen LogP contribution in [0.2, 0.25) is 0 Å². The molecule has 1 aromatic rings. The molecule has 4 nitrogen and oxygen atoms in total. The van der Waals surface area contributed by atoms with E-state index in [0.717, 1.165) is 31.2 Å². The van der Waals surface area contributed by atoms with E-state index >= 15 is 0 Å². The Bertz CT molecular complexity index is 558. The molecule has 2 rings (SSSR count). The van der Waals surface area contributed by atoms with Crippen LogP contribution >= 0.6 is 12.4 Å². The van der Waals surface area contributed by atoms with Gasteiger partial charge in [-0.05, 0) is 31.2 Å². The molecule has 128 valence electrons. The lowest BCUT2D eigenvalue weighted by Gasteiger charge is -2.16. The van der Waals surface area contributed by atoms with E-state index in [1.165, 1.54) is 6.08 Å². The largest absolute Gasteiger partial charge is 0.489 e. The molecule has 1 saturated heterocycles. The van der Waals surface area contributed by atoms with Crippen LogP contribution in [0.15, 0.2) is 30.9 Å². The van der Waals surface area contributed by atoms with E-state index in [1.54, 1.807) is 0 Å². The van der Waals surface area contributed by atoms with Gasteiger partial charge in [0.05, 0.1) is 11.1 Å². The molecule has 1 atom stereocenters. The van der Waals surface area contributed by atoms with Gasteiger partial charge in [-0.2, -0.15) is 13.2 Å². The first-order valence-electron chi connectivity index (χ1n) is 6.88. The van der Waals surface area contributed by atoms with Gasteiger partial charge in [0.1, 0.15) is 12.4 Å². The van der Waals surface area contributed by atoms with E-state index in [-0.39, 0.29) is 36.4 Å². The van der Waals surface area contributed by atoms with Gasteiger partial charge in [0, 0.05) is 12.6 Å². The number of benzene rings is 1. The van der Waals surface area contributed by atoms with Crippen molar-refractivity contribution in [3.05, 3.63) is 42.0 Å². The number of carbonyl (C=O) groups is 1. The van der Waals surface area contributed by atoms with Crippen LogP contribution in [0.4, 0.5) is 13.2 Å². The zero-order valence-electron chi connectivity index (χ0n) is 12.3. The van der Waals surface area contributed by atoms with Crippen LogP contribution in [-0.2, 0) is 6.18 Å². The maximum absolute atomic E-state index is 12.8. The van der Waals surface area contributed by atoms with Crippen molar-refractivity contribution in [1.82, 2.24) is 10.6 Å². The zero-order chi connectivity index (χ0) is 16.2. The number of amides is 1. The van der Waals surface area contributed by atoms with Gasteiger partial charge in [-0.3, -0.25) is 4.79 Å². The van der Waals surface area contributed by atoms with Gasteiger partial charge in [-0.1, -0.05) is 12.7 Å². The van der Waals surface area contributed by atoms with E-state index in [0.29, 0.717) is 6.54 Å². The summed E-state index contributed by atoms with van der Waals surface area (Å²) >= 11 is 0. The van der Waals surface area contributed by atoms with Crippen LogP contribution in [0.1, 0.15) is 22.3 Å². The molecule has 0 aromatic heterocycles. The van der Waals surface area contributed by atoms with Crippen LogP contribution in [0.5, 0.6) is 5.75 Å². The fourth-order valence-corrected chi connectivity index (χ4v) is 2.20. The zero-order valence-corrected chi connectivity index (χ0v) is 13.1. The average Bonchev–Trinajstić information content (AvgIpc) is 2.96. The second kappa shape index (κ2) is 8.21. The highest BCUT2D eigenvalue weighted by Gasteiger charge is 2.32. The highest BCUT2D eigenvalue weighted by atomic mass is 35.5. The van der Waals surface area contributed by atoms with Crippen molar-refractivity contribution in [2.75, 3.05) is 19.7 Å². The fourth-order valence-electron chi connectivity index (χ4n) is 2.20. The summed E-state index contributed by atoms with van der Waals surface area (Å²) in [5, 5.41) is 5.79. The first kappa shape index (κ1) is 19.3. The molecule has 1 unspecified atom stereocenters. The Kier molecular flexibility index (Phi) is 6.90. The molecule has 1 aliphatic rings. The van der Waals surface area contributed by atoms with Crippen LogP contribution in [0, 0.1) is 0 Å². The third kappa shape index (κ3) is 5.14. The monoisotopic (exact) mass is 350 g/mol. The van der Waals surface area contributed by atoms with Gasteiger partial charge in [0.15, 0.2) is 0 Å². The maximum atomic E-state index is 12.8. The summed E-state index contributed by atoms with van der Waals surface area (Å²) < 4.78 is 43.7. The molecule has 0 saturated carbocycles. The molecule has 0 spiro atoms. The molecule has 1 fully saturated rings. The van der Waals surface area contributed by atoms with Crippen LogP contribution < -0.4 is 15.4 Å². The Labute approximate surface area is 138 Å². The first-order valence-corrected chi connectivity index (χ1v) is 6.88. The van der Waals surface area contributed by atoms with Crippen molar-refractivity contribution in [3.63, 3.8) is 0 Å². The molecule has 1 heterocycles. The summed E-state index contributed by atoms with van der Waals surface area (Å²) in [6.07, 6.45) is -2.31. The first-order chi connectivity index (χ1) is 10.4. The molecule has 0 radical (unpaired) electrons. The predicted octanol–water partition coefficient (Wildman–Crippen LogP) is 2.78. The lowest BCUT2D eigenvalue weighted by atomic mass is 10.1. The minimum Gasteiger partial charge on any atom is -0.489 e. The molecule has 1 amide bonds. The van der Waals surface area contributed by atoms with E-state index in [4.69, 9.17) is 4.74 Å². The third-order valence-corrected chi connectivity index (χ3v) is 3.30. The highest BCUT2D eigenvalue weighted by molar-refractivity contribution is 5.97. The van der Waals surface area contributed by atoms with Gasteiger partial charge in [0.25, 0.3) is 5.91 Å². The maximum Gasteiger partial charge on any atom is 0.416 e. The summed E-state index contributed by atoms with van der Waals surface area (Å²) in [6, 6.07) is 2.78. The Hall–Kier alpha value is -1.73. The summed E-state index contributed by atoms with van der Waals surface area (Å²) in [6.45, 7) is 4.96. The number of nitrogens with one attached hydrogen (secondary N) is 2. The second-order valence-corrected chi connectivity index (χ2v) is 4.97. The van der Waals surface area contributed by atoms with Gasteiger partial charge >= 0.3 is 6.18 Å². The van der Waals surface area contributed by atoms with Crippen molar-refractivity contribution in [2.24, 2.45) is 0 Å². The van der Waals surface area contributed by atoms with Crippen molar-refractivity contribution < 1.29 is 22.7 Å². The molecule has 8 heteroatoms. The Morgan fingerprint density at radius 3 is 2.78 bits per heavy atom. The minimum absolute atomic E-state index is 0. The van der Waals surface area contributed by atoms with Gasteiger partial charge in [0.2, 0.25) is 0 Å². The van der Waals surface area contributed by atoms with Gasteiger partial charge < -0.3 is 15.4 Å². The number of halogens is 4. The van der Waals surface area contributed by atoms with Crippen LogP contribution in [0.25, 0.3) is 0 Å². The molecular formula is C15H18ClF3N2O2. The molecule has 23 heavy (non-hydrogen) atoms. The molecular weight excluding hydrogens is 333 g/mol. The van der Waals surface area contributed by atoms with E-state index in [9.17, 15) is 18.0 Å². The Morgan fingerprint density at radius 1 is 1.48 bits per heavy atom. The van der Waals surface area contributed by atoms with Crippen LogP contribution in [-0.4, -0.2) is 31.6 Å². The normalized spacial score (nSPS) is 17.3.